The van der Waals surface area contributed by atoms with Crippen LogP contribution in [-0.2, 0) is 6.54 Å². The molecule has 1 aromatic heterocycles. The molecule has 3 nitrogen and oxygen atoms in total. The van der Waals surface area contributed by atoms with Crippen LogP contribution in [0.5, 0.6) is 5.75 Å². The van der Waals surface area contributed by atoms with Crippen LogP contribution in [0.4, 0.5) is 0 Å². The van der Waals surface area contributed by atoms with E-state index >= 15 is 0 Å². The molecule has 0 bridgehead atoms. The zero-order valence-electron chi connectivity index (χ0n) is 11.3. The SMILES string of the molecule is CCn1ccnc1-c1cccc(OCC(C)C)c1. The molecule has 0 spiro atoms. The van der Waals surface area contributed by atoms with Crippen molar-refractivity contribution in [3.63, 3.8) is 0 Å². The van der Waals surface area contributed by atoms with Gasteiger partial charge in [-0.25, -0.2) is 4.98 Å². The molecule has 1 heterocycles. The Morgan fingerprint density at radius 1 is 1.33 bits per heavy atom. The van der Waals surface area contributed by atoms with Crippen molar-refractivity contribution in [1.29, 1.82) is 0 Å². The van der Waals surface area contributed by atoms with E-state index in [9.17, 15) is 0 Å². The van der Waals surface area contributed by atoms with Gasteiger partial charge >= 0.3 is 0 Å². The van der Waals surface area contributed by atoms with E-state index in [-0.39, 0.29) is 0 Å². The molecule has 96 valence electrons. The Bertz CT molecular complexity index is 503. The summed E-state index contributed by atoms with van der Waals surface area (Å²) >= 11 is 0. The normalized spacial score (nSPS) is 10.9. The van der Waals surface area contributed by atoms with E-state index in [4.69, 9.17) is 4.74 Å². The van der Waals surface area contributed by atoms with Gasteiger partial charge in [0.05, 0.1) is 6.61 Å². The molecule has 0 atom stereocenters. The molecule has 2 aromatic rings. The van der Waals surface area contributed by atoms with Gasteiger partial charge in [-0.05, 0) is 25.0 Å². The van der Waals surface area contributed by atoms with Crippen LogP contribution in [0, 0.1) is 5.92 Å². The van der Waals surface area contributed by atoms with Gasteiger partial charge in [-0.15, -0.1) is 0 Å². The van der Waals surface area contributed by atoms with Crippen molar-refractivity contribution in [2.45, 2.75) is 27.3 Å². The predicted molar refractivity (Wildman–Crippen MR) is 73.7 cm³/mol. The van der Waals surface area contributed by atoms with Gasteiger partial charge in [0.25, 0.3) is 0 Å². The van der Waals surface area contributed by atoms with Crippen molar-refractivity contribution in [3.05, 3.63) is 36.7 Å². The number of ether oxygens (including phenoxy) is 1. The number of nitrogens with zero attached hydrogens (tertiary/aromatic N) is 2. The number of imidazole rings is 1. The van der Waals surface area contributed by atoms with Crippen LogP contribution >= 0.6 is 0 Å². The first kappa shape index (κ1) is 12.7. The maximum absolute atomic E-state index is 5.74. The van der Waals surface area contributed by atoms with E-state index in [1.165, 1.54) is 0 Å². The summed E-state index contributed by atoms with van der Waals surface area (Å²) in [6.45, 7) is 8.07. The van der Waals surface area contributed by atoms with E-state index in [0.29, 0.717) is 5.92 Å². The lowest BCUT2D eigenvalue weighted by molar-refractivity contribution is 0.271. The molecule has 18 heavy (non-hydrogen) atoms. The number of hydrogen-bond donors (Lipinski definition) is 0. The molecule has 0 N–H and O–H groups in total. The van der Waals surface area contributed by atoms with Gasteiger partial charge in [0.2, 0.25) is 0 Å². The van der Waals surface area contributed by atoms with E-state index in [1.54, 1.807) is 0 Å². The first-order valence-electron chi connectivity index (χ1n) is 6.45. The molecule has 0 aliphatic heterocycles. The fourth-order valence-electron chi connectivity index (χ4n) is 1.81. The monoisotopic (exact) mass is 244 g/mol. The average Bonchev–Trinajstić information content (AvgIpc) is 2.85. The van der Waals surface area contributed by atoms with E-state index in [1.807, 2.05) is 24.5 Å². The van der Waals surface area contributed by atoms with E-state index in [2.05, 4.69) is 42.5 Å². The third-order valence-electron chi connectivity index (χ3n) is 2.73. The van der Waals surface area contributed by atoms with Crippen molar-refractivity contribution in [2.24, 2.45) is 5.92 Å². The third kappa shape index (κ3) is 2.92. The molecule has 3 heteroatoms. The lowest BCUT2D eigenvalue weighted by Crippen LogP contribution is -2.04. The van der Waals surface area contributed by atoms with Crippen LogP contribution in [0.3, 0.4) is 0 Å². The highest BCUT2D eigenvalue weighted by Gasteiger charge is 2.06. The lowest BCUT2D eigenvalue weighted by atomic mass is 10.2. The molecular formula is C15H20N2O. The van der Waals surface area contributed by atoms with E-state index in [0.717, 1.165) is 30.3 Å². The third-order valence-corrected chi connectivity index (χ3v) is 2.73. The molecule has 0 radical (unpaired) electrons. The first-order chi connectivity index (χ1) is 8.70. The molecule has 1 aromatic carbocycles. The second-order valence-corrected chi connectivity index (χ2v) is 4.77. The smallest absolute Gasteiger partial charge is 0.140 e. The standard InChI is InChI=1S/C15H20N2O/c1-4-17-9-8-16-15(17)13-6-5-7-14(10-13)18-11-12(2)3/h5-10,12H,4,11H2,1-3H3. The zero-order chi connectivity index (χ0) is 13.0. The summed E-state index contributed by atoms with van der Waals surface area (Å²) in [6, 6.07) is 8.12. The predicted octanol–water partition coefficient (Wildman–Crippen LogP) is 3.60. The second-order valence-electron chi connectivity index (χ2n) is 4.77. The minimum absolute atomic E-state index is 0.534. The molecule has 0 aliphatic carbocycles. The van der Waals surface area contributed by atoms with Crippen molar-refractivity contribution in [1.82, 2.24) is 9.55 Å². The Labute approximate surface area is 108 Å². The Morgan fingerprint density at radius 3 is 2.89 bits per heavy atom. The fourth-order valence-corrected chi connectivity index (χ4v) is 1.81. The molecule has 2 rings (SSSR count). The molecule has 0 saturated carbocycles. The van der Waals surface area contributed by atoms with Crippen molar-refractivity contribution in [3.8, 4) is 17.1 Å². The van der Waals surface area contributed by atoms with Gasteiger partial charge in [0.1, 0.15) is 11.6 Å². The molecule has 0 aliphatic rings. The van der Waals surface area contributed by atoms with Gasteiger partial charge in [-0.1, -0.05) is 26.0 Å². The number of aromatic nitrogens is 2. The number of aryl methyl sites for hydroxylation is 1. The van der Waals surface area contributed by atoms with Crippen LogP contribution in [0.1, 0.15) is 20.8 Å². The summed E-state index contributed by atoms with van der Waals surface area (Å²) in [5.74, 6) is 2.44. The zero-order valence-corrected chi connectivity index (χ0v) is 11.3. The maximum atomic E-state index is 5.74. The lowest BCUT2D eigenvalue weighted by Gasteiger charge is -2.10. The van der Waals surface area contributed by atoms with Crippen LogP contribution in [0.15, 0.2) is 36.7 Å². The highest BCUT2D eigenvalue weighted by molar-refractivity contribution is 5.58. The van der Waals surface area contributed by atoms with Gasteiger partial charge < -0.3 is 9.30 Å². The summed E-state index contributed by atoms with van der Waals surface area (Å²) in [6.07, 6.45) is 3.83. The summed E-state index contributed by atoms with van der Waals surface area (Å²) in [5.41, 5.74) is 1.10. The fraction of sp³-hybridized carbons (Fsp3) is 0.400. The van der Waals surface area contributed by atoms with Crippen LogP contribution in [-0.4, -0.2) is 16.2 Å². The Balaban J connectivity index is 2.21. The van der Waals surface area contributed by atoms with Crippen LogP contribution in [0.2, 0.25) is 0 Å². The first-order valence-corrected chi connectivity index (χ1v) is 6.45. The van der Waals surface area contributed by atoms with Crippen molar-refractivity contribution < 1.29 is 4.74 Å². The topological polar surface area (TPSA) is 27.1 Å². The highest BCUT2D eigenvalue weighted by atomic mass is 16.5. The molecule has 0 amide bonds. The number of rotatable bonds is 5. The minimum atomic E-state index is 0.534. The highest BCUT2D eigenvalue weighted by Crippen LogP contribution is 2.22. The Morgan fingerprint density at radius 2 is 2.17 bits per heavy atom. The second kappa shape index (κ2) is 5.71. The molecule has 0 unspecified atom stereocenters. The summed E-state index contributed by atoms with van der Waals surface area (Å²) < 4.78 is 7.87. The minimum Gasteiger partial charge on any atom is -0.493 e. The van der Waals surface area contributed by atoms with Gasteiger partial charge in [-0.2, -0.15) is 0 Å². The summed E-state index contributed by atoms with van der Waals surface area (Å²) in [7, 11) is 0. The van der Waals surface area contributed by atoms with Crippen LogP contribution < -0.4 is 4.74 Å². The molecule has 0 fully saturated rings. The van der Waals surface area contributed by atoms with Gasteiger partial charge in [0, 0.05) is 24.5 Å². The average molecular weight is 244 g/mol. The van der Waals surface area contributed by atoms with Gasteiger partial charge in [-0.3, -0.25) is 0 Å². The van der Waals surface area contributed by atoms with Gasteiger partial charge in [0.15, 0.2) is 0 Å². The molecular weight excluding hydrogens is 224 g/mol. The van der Waals surface area contributed by atoms with Crippen LogP contribution in [0.25, 0.3) is 11.4 Å². The number of benzene rings is 1. The number of hydrogen-bond acceptors (Lipinski definition) is 2. The quantitative estimate of drug-likeness (QED) is 0.803. The summed E-state index contributed by atoms with van der Waals surface area (Å²) in [4.78, 5) is 4.40. The maximum Gasteiger partial charge on any atom is 0.140 e. The van der Waals surface area contributed by atoms with Crippen molar-refractivity contribution in [2.75, 3.05) is 6.61 Å². The van der Waals surface area contributed by atoms with Crippen molar-refractivity contribution >= 4 is 0 Å². The molecule has 0 saturated heterocycles. The van der Waals surface area contributed by atoms with E-state index < -0.39 is 0 Å². The summed E-state index contributed by atoms with van der Waals surface area (Å²) in [5, 5.41) is 0. The Kier molecular flexibility index (Phi) is 4.03. The largest absolute Gasteiger partial charge is 0.493 e. The Hall–Kier alpha value is -1.77.